The summed E-state index contributed by atoms with van der Waals surface area (Å²) in [5.74, 6) is 1.71. The highest BCUT2D eigenvalue weighted by Gasteiger charge is 2.32. The fourth-order valence-corrected chi connectivity index (χ4v) is 2.11. The van der Waals surface area contributed by atoms with Gasteiger partial charge in [0.15, 0.2) is 0 Å². The first-order valence-corrected chi connectivity index (χ1v) is 4.20. The highest BCUT2D eigenvalue weighted by molar-refractivity contribution is 5.41. The molecule has 0 aromatic rings. The fraction of sp³-hybridized carbons (Fsp3) is 0.600. The molecule has 2 atom stereocenters. The van der Waals surface area contributed by atoms with Crippen LogP contribution in [0.3, 0.4) is 0 Å². The molecule has 0 N–H and O–H groups in total. The molecule has 54 valence electrons. The molecule has 0 aromatic heterocycles. The lowest BCUT2D eigenvalue weighted by Gasteiger charge is -2.38. The van der Waals surface area contributed by atoms with E-state index in [9.17, 15) is 0 Å². The van der Waals surface area contributed by atoms with Gasteiger partial charge in [-0.05, 0) is 30.3 Å². The highest BCUT2D eigenvalue weighted by atomic mass is 14.4. The predicted molar refractivity (Wildman–Crippen MR) is 43.7 cm³/mol. The Bertz CT molecular complexity index is 208. The molecule has 2 unspecified atom stereocenters. The Balaban J connectivity index is 2.30. The number of hydrogen-bond donors (Lipinski definition) is 0. The maximum atomic E-state index is 2.35. The van der Waals surface area contributed by atoms with E-state index in [4.69, 9.17) is 0 Å². The van der Waals surface area contributed by atoms with Crippen LogP contribution in [0.1, 0.15) is 26.7 Å². The molecule has 0 radical (unpaired) electrons. The third kappa shape index (κ3) is 0.622. The van der Waals surface area contributed by atoms with Crippen molar-refractivity contribution < 1.29 is 0 Å². The Labute approximate surface area is 62.6 Å². The molecule has 2 aliphatic carbocycles. The maximum Gasteiger partial charge on any atom is -0.0128 e. The van der Waals surface area contributed by atoms with Crippen molar-refractivity contribution in [2.45, 2.75) is 26.7 Å². The van der Waals surface area contributed by atoms with Crippen molar-refractivity contribution in [2.75, 3.05) is 0 Å². The van der Waals surface area contributed by atoms with Crippen LogP contribution in [0.2, 0.25) is 0 Å². The van der Waals surface area contributed by atoms with Crippen LogP contribution >= 0.6 is 0 Å². The van der Waals surface area contributed by atoms with Gasteiger partial charge in [0, 0.05) is 0 Å². The zero-order valence-corrected chi connectivity index (χ0v) is 6.72. The summed E-state index contributed by atoms with van der Waals surface area (Å²) < 4.78 is 0. The molecule has 10 heavy (non-hydrogen) atoms. The second kappa shape index (κ2) is 1.98. The summed E-state index contributed by atoms with van der Waals surface area (Å²) in [5, 5.41) is 0. The van der Waals surface area contributed by atoms with Crippen LogP contribution in [0.4, 0.5) is 0 Å². The van der Waals surface area contributed by atoms with E-state index < -0.39 is 0 Å². The SMILES string of the molecule is CC1C2=C(CCC=C2)C1C. The summed E-state index contributed by atoms with van der Waals surface area (Å²) in [6, 6.07) is 0. The minimum absolute atomic E-state index is 0.839. The molecule has 2 aliphatic rings. The van der Waals surface area contributed by atoms with Crippen LogP contribution in [0.15, 0.2) is 23.3 Å². The fourth-order valence-electron chi connectivity index (χ4n) is 2.11. The molecule has 0 aromatic carbocycles. The number of hydrogen-bond acceptors (Lipinski definition) is 0. The van der Waals surface area contributed by atoms with E-state index in [0.29, 0.717) is 0 Å². The van der Waals surface area contributed by atoms with Crippen molar-refractivity contribution in [1.29, 1.82) is 0 Å². The van der Waals surface area contributed by atoms with E-state index in [1.807, 2.05) is 0 Å². The normalized spacial score (nSPS) is 37.4. The molecule has 0 nitrogen and oxygen atoms in total. The Morgan fingerprint density at radius 1 is 1.30 bits per heavy atom. The zero-order valence-electron chi connectivity index (χ0n) is 6.72. The van der Waals surface area contributed by atoms with E-state index in [-0.39, 0.29) is 0 Å². The van der Waals surface area contributed by atoms with Crippen molar-refractivity contribution in [2.24, 2.45) is 11.8 Å². The van der Waals surface area contributed by atoms with Gasteiger partial charge in [-0.25, -0.2) is 0 Å². The van der Waals surface area contributed by atoms with Gasteiger partial charge in [-0.2, -0.15) is 0 Å². The Hall–Kier alpha value is -0.520. The summed E-state index contributed by atoms with van der Waals surface area (Å²) in [4.78, 5) is 0. The highest BCUT2D eigenvalue weighted by Crippen LogP contribution is 2.45. The third-order valence-electron chi connectivity index (χ3n) is 3.04. The van der Waals surface area contributed by atoms with E-state index in [1.165, 1.54) is 12.8 Å². The minimum atomic E-state index is 0.839. The minimum Gasteiger partial charge on any atom is -0.0839 e. The van der Waals surface area contributed by atoms with Gasteiger partial charge < -0.3 is 0 Å². The molecule has 0 spiro atoms. The van der Waals surface area contributed by atoms with E-state index >= 15 is 0 Å². The van der Waals surface area contributed by atoms with Gasteiger partial charge in [0.1, 0.15) is 0 Å². The van der Waals surface area contributed by atoms with Gasteiger partial charge in [-0.1, -0.05) is 31.6 Å². The van der Waals surface area contributed by atoms with Crippen LogP contribution < -0.4 is 0 Å². The standard InChI is InChI=1S/C10H14/c1-7-8(2)10-6-4-3-5-9(7)10/h3,5,7-8H,4,6H2,1-2H3. The molecular weight excluding hydrogens is 120 g/mol. The lowest BCUT2D eigenvalue weighted by Crippen LogP contribution is -2.26. The molecule has 2 rings (SSSR count). The smallest absolute Gasteiger partial charge is 0.0128 e. The van der Waals surface area contributed by atoms with E-state index in [1.54, 1.807) is 11.1 Å². The van der Waals surface area contributed by atoms with E-state index in [2.05, 4.69) is 26.0 Å². The van der Waals surface area contributed by atoms with Gasteiger partial charge in [0.25, 0.3) is 0 Å². The average Bonchev–Trinajstić information content (AvgIpc) is 2.03. The molecule has 0 bridgehead atoms. The Kier molecular flexibility index (Phi) is 1.23. The first-order chi connectivity index (χ1) is 4.80. The van der Waals surface area contributed by atoms with Gasteiger partial charge in [-0.15, -0.1) is 0 Å². The molecule has 0 fully saturated rings. The first-order valence-electron chi connectivity index (χ1n) is 4.20. The quantitative estimate of drug-likeness (QED) is 0.478. The van der Waals surface area contributed by atoms with E-state index in [0.717, 1.165) is 11.8 Å². The second-order valence-electron chi connectivity index (χ2n) is 3.50. The number of rotatable bonds is 0. The lowest BCUT2D eigenvalue weighted by molar-refractivity contribution is 0.416. The summed E-state index contributed by atoms with van der Waals surface area (Å²) in [5.41, 5.74) is 3.37. The van der Waals surface area contributed by atoms with Gasteiger partial charge in [-0.3, -0.25) is 0 Å². The largest absolute Gasteiger partial charge is 0.0839 e. The van der Waals surface area contributed by atoms with Gasteiger partial charge in [0.2, 0.25) is 0 Å². The van der Waals surface area contributed by atoms with Crippen LogP contribution in [0.25, 0.3) is 0 Å². The number of allylic oxidation sites excluding steroid dienone is 4. The lowest BCUT2D eigenvalue weighted by atomic mass is 9.66. The Morgan fingerprint density at radius 2 is 2.10 bits per heavy atom. The zero-order chi connectivity index (χ0) is 7.14. The van der Waals surface area contributed by atoms with Crippen molar-refractivity contribution in [3.63, 3.8) is 0 Å². The predicted octanol–water partition coefficient (Wildman–Crippen LogP) is 2.92. The second-order valence-corrected chi connectivity index (χ2v) is 3.50. The molecular formula is C10H14. The molecule has 0 amide bonds. The van der Waals surface area contributed by atoms with Crippen LogP contribution in [0.5, 0.6) is 0 Å². The van der Waals surface area contributed by atoms with Gasteiger partial charge in [0.05, 0.1) is 0 Å². The summed E-state index contributed by atoms with van der Waals surface area (Å²) in [6.07, 6.45) is 7.23. The van der Waals surface area contributed by atoms with Crippen molar-refractivity contribution in [3.8, 4) is 0 Å². The Morgan fingerprint density at radius 3 is 2.80 bits per heavy atom. The van der Waals surface area contributed by atoms with Crippen molar-refractivity contribution in [1.82, 2.24) is 0 Å². The monoisotopic (exact) mass is 134 g/mol. The van der Waals surface area contributed by atoms with Crippen LogP contribution in [0, 0.1) is 11.8 Å². The molecule has 0 saturated heterocycles. The topological polar surface area (TPSA) is 0 Å². The van der Waals surface area contributed by atoms with Crippen molar-refractivity contribution in [3.05, 3.63) is 23.3 Å². The van der Waals surface area contributed by atoms with Crippen molar-refractivity contribution >= 4 is 0 Å². The summed E-state index contributed by atoms with van der Waals surface area (Å²) in [7, 11) is 0. The molecule has 0 aliphatic heterocycles. The first kappa shape index (κ1) is 6.21. The maximum absolute atomic E-state index is 2.35. The third-order valence-corrected chi connectivity index (χ3v) is 3.04. The molecule has 0 saturated carbocycles. The summed E-state index contributed by atoms with van der Waals surface area (Å²) in [6.45, 7) is 4.68. The summed E-state index contributed by atoms with van der Waals surface area (Å²) >= 11 is 0. The van der Waals surface area contributed by atoms with Gasteiger partial charge >= 0.3 is 0 Å². The average molecular weight is 134 g/mol. The molecule has 0 heteroatoms. The molecule has 0 heterocycles. The van der Waals surface area contributed by atoms with Crippen LogP contribution in [-0.4, -0.2) is 0 Å². The van der Waals surface area contributed by atoms with Crippen LogP contribution in [-0.2, 0) is 0 Å².